The molecule has 26 heavy (non-hydrogen) atoms. The third kappa shape index (κ3) is 4.63. The third-order valence-corrected chi connectivity index (χ3v) is 4.18. The number of anilines is 2. The number of carbonyl (C=O) groups is 2. The van der Waals surface area contributed by atoms with Crippen LogP contribution in [-0.2, 0) is 4.74 Å². The lowest BCUT2D eigenvalue weighted by Crippen LogP contribution is -2.21. The van der Waals surface area contributed by atoms with Crippen LogP contribution in [0.1, 0.15) is 61.0 Å². The Balaban J connectivity index is 2.18. The molecule has 2 N–H and O–H groups in total. The van der Waals surface area contributed by atoms with Crippen LogP contribution in [-0.4, -0.2) is 19.1 Å². The van der Waals surface area contributed by atoms with Gasteiger partial charge in [-0.15, -0.1) is 0 Å². The zero-order valence-electron chi connectivity index (χ0n) is 15.9. The van der Waals surface area contributed by atoms with E-state index in [2.05, 4.69) is 43.1 Å². The van der Waals surface area contributed by atoms with Gasteiger partial charge in [-0.25, -0.2) is 9.59 Å². The molecule has 0 saturated carbocycles. The first-order chi connectivity index (χ1) is 12.3. The Morgan fingerprint density at radius 2 is 1.38 bits per heavy atom. The molecule has 2 aromatic rings. The van der Waals surface area contributed by atoms with Crippen molar-refractivity contribution >= 4 is 23.4 Å². The summed E-state index contributed by atoms with van der Waals surface area (Å²) >= 11 is 0. The van der Waals surface area contributed by atoms with Crippen molar-refractivity contribution in [3.8, 4) is 0 Å². The lowest BCUT2D eigenvalue weighted by Gasteiger charge is -2.20. The minimum absolute atomic E-state index is 0.295. The molecule has 0 aliphatic rings. The quantitative estimate of drug-likeness (QED) is 0.710. The third-order valence-electron chi connectivity index (χ3n) is 4.18. The molecule has 0 spiro atoms. The van der Waals surface area contributed by atoms with Crippen LogP contribution in [0.25, 0.3) is 0 Å². The van der Waals surface area contributed by atoms with Gasteiger partial charge in [-0.1, -0.05) is 45.9 Å². The first-order valence-electron chi connectivity index (χ1n) is 8.72. The van der Waals surface area contributed by atoms with Gasteiger partial charge in [0.15, 0.2) is 0 Å². The van der Waals surface area contributed by atoms with Crippen molar-refractivity contribution in [3.05, 3.63) is 59.2 Å². The number of ether oxygens (including phenoxy) is 1. The number of rotatable bonds is 5. The molecule has 2 amide bonds. The average molecular weight is 354 g/mol. The Morgan fingerprint density at radius 3 is 1.85 bits per heavy atom. The maximum atomic E-state index is 12.5. The Labute approximate surface area is 154 Å². The summed E-state index contributed by atoms with van der Waals surface area (Å²) in [5.74, 6) is 0.181. The number of methoxy groups -OCH3 is 1. The summed E-state index contributed by atoms with van der Waals surface area (Å²) in [6, 6.07) is 12.4. The van der Waals surface area contributed by atoms with E-state index in [1.807, 2.05) is 18.2 Å². The number of urea groups is 1. The molecule has 0 aromatic heterocycles. The molecule has 2 aromatic carbocycles. The molecule has 0 fully saturated rings. The van der Waals surface area contributed by atoms with Crippen LogP contribution in [0.5, 0.6) is 0 Å². The molecule has 0 bridgehead atoms. The maximum Gasteiger partial charge on any atom is 0.337 e. The summed E-state index contributed by atoms with van der Waals surface area (Å²) in [6.07, 6.45) is 0. The molecular weight excluding hydrogens is 328 g/mol. The summed E-state index contributed by atoms with van der Waals surface area (Å²) in [6.45, 7) is 8.42. The maximum absolute atomic E-state index is 12.5. The molecule has 0 atom stereocenters. The SMILES string of the molecule is COC(=O)c1ccc(NC(=O)Nc2c(C(C)C)cccc2C(C)C)cc1. The molecule has 0 heterocycles. The van der Waals surface area contributed by atoms with Crippen molar-refractivity contribution in [1.82, 2.24) is 0 Å². The molecule has 0 aliphatic carbocycles. The summed E-state index contributed by atoms with van der Waals surface area (Å²) in [4.78, 5) is 24.0. The average Bonchev–Trinajstić information content (AvgIpc) is 2.61. The summed E-state index contributed by atoms with van der Waals surface area (Å²) in [7, 11) is 1.33. The van der Waals surface area contributed by atoms with Gasteiger partial charge in [-0.2, -0.15) is 0 Å². The molecular formula is C21H26N2O3. The van der Waals surface area contributed by atoms with Gasteiger partial charge >= 0.3 is 12.0 Å². The van der Waals surface area contributed by atoms with Crippen molar-refractivity contribution in [2.45, 2.75) is 39.5 Å². The number of benzene rings is 2. The zero-order valence-corrected chi connectivity index (χ0v) is 15.9. The van der Waals surface area contributed by atoms with Crippen molar-refractivity contribution in [2.75, 3.05) is 17.7 Å². The second-order valence-corrected chi connectivity index (χ2v) is 6.77. The molecule has 5 heteroatoms. The fourth-order valence-corrected chi connectivity index (χ4v) is 2.78. The first kappa shape index (κ1) is 19.5. The van der Waals surface area contributed by atoms with E-state index < -0.39 is 5.97 Å². The van der Waals surface area contributed by atoms with Crippen LogP contribution in [0.2, 0.25) is 0 Å². The molecule has 5 nitrogen and oxygen atoms in total. The van der Waals surface area contributed by atoms with Crippen molar-refractivity contribution in [1.29, 1.82) is 0 Å². The van der Waals surface area contributed by atoms with Crippen molar-refractivity contribution in [2.24, 2.45) is 0 Å². The predicted molar refractivity (Wildman–Crippen MR) is 105 cm³/mol. The van der Waals surface area contributed by atoms with E-state index in [4.69, 9.17) is 0 Å². The topological polar surface area (TPSA) is 67.4 Å². The molecule has 0 unspecified atom stereocenters. The zero-order chi connectivity index (χ0) is 19.3. The number of para-hydroxylation sites is 1. The largest absolute Gasteiger partial charge is 0.465 e. The molecule has 138 valence electrons. The van der Waals surface area contributed by atoms with Gasteiger partial charge < -0.3 is 15.4 Å². The molecule has 0 radical (unpaired) electrons. The molecule has 0 saturated heterocycles. The Morgan fingerprint density at radius 1 is 0.846 bits per heavy atom. The first-order valence-corrected chi connectivity index (χ1v) is 8.72. The van der Waals surface area contributed by atoms with E-state index >= 15 is 0 Å². The normalized spacial score (nSPS) is 10.7. The highest BCUT2D eigenvalue weighted by Crippen LogP contribution is 2.32. The van der Waals surface area contributed by atoms with Gasteiger partial charge in [0.2, 0.25) is 0 Å². The Kier molecular flexibility index (Phi) is 6.39. The van der Waals surface area contributed by atoms with Crippen LogP contribution in [0.15, 0.2) is 42.5 Å². The predicted octanol–water partition coefficient (Wildman–Crippen LogP) is 5.36. The standard InChI is InChI=1S/C21H26N2O3/c1-13(2)17-7-6-8-18(14(3)4)19(17)23-21(25)22-16-11-9-15(10-12-16)20(24)26-5/h6-14H,1-5H3,(H2,22,23,25). The van der Waals surface area contributed by atoms with Crippen molar-refractivity contribution in [3.63, 3.8) is 0 Å². The Bertz CT molecular complexity index is 754. The van der Waals surface area contributed by atoms with Crippen LogP contribution in [0, 0.1) is 0 Å². The smallest absolute Gasteiger partial charge is 0.337 e. The van der Waals surface area contributed by atoms with E-state index in [1.54, 1.807) is 24.3 Å². The van der Waals surface area contributed by atoms with Crippen LogP contribution in [0.3, 0.4) is 0 Å². The van der Waals surface area contributed by atoms with Gasteiger partial charge in [-0.05, 0) is 47.2 Å². The highest BCUT2D eigenvalue weighted by molar-refractivity contribution is 6.01. The van der Waals surface area contributed by atoms with Crippen molar-refractivity contribution < 1.29 is 14.3 Å². The fraction of sp³-hybridized carbons (Fsp3) is 0.333. The lowest BCUT2D eigenvalue weighted by atomic mass is 9.93. The van der Waals surface area contributed by atoms with E-state index in [0.29, 0.717) is 23.1 Å². The number of nitrogens with one attached hydrogen (secondary N) is 2. The summed E-state index contributed by atoms with van der Waals surface area (Å²) in [5.41, 5.74) is 4.11. The van der Waals surface area contributed by atoms with Gasteiger partial charge in [0.25, 0.3) is 0 Å². The van der Waals surface area contributed by atoms with E-state index in [0.717, 1.165) is 16.8 Å². The number of hydrogen-bond donors (Lipinski definition) is 2. The van der Waals surface area contributed by atoms with E-state index in [-0.39, 0.29) is 6.03 Å². The minimum atomic E-state index is -0.409. The van der Waals surface area contributed by atoms with Gasteiger partial charge in [-0.3, -0.25) is 0 Å². The monoisotopic (exact) mass is 354 g/mol. The molecule has 2 rings (SSSR count). The van der Waals surface area contributed by atoms with Gasteiger partial charge in [0.1, 0.15) is 0 Å². The van der Waals surface area contributed by atoms with Gasteiger partial charge in [0, 0.05) is 11.4 Å². The summed E-state index contributed by atoms with van der Waals surface area (Å²) in [5, 5.41) is 5.80. The van der Waals surface area contributed by atoms with Crippen LogP contribution in [0.4, 0.5) is 16.2 Å². The number of carbonyl (C=O) groups excluding carboxylic acids is 2. The van der Waals surface area contributed by atoms with Crippen LogP contribution >= 0.6 is 0 Å². The minimum Gasteiger partial charge on any atom is -0.465 e. The highest BCUT2D eigenvalue weighted by Gasteiger charge is 2.16. The number of hydrogen-bond acceptors (Lipinski definition) is 3. The Hall–Kier alpha value is -2.82. The van der Waals surface area contributed by atoms with Gasteiger partial charge in [0.05, 0.1) is 12.7 Å². The molecule has 0 aliphatic heterocycles. The van der Waals surface area contributed by atoms with Crippen LogP contribution < -0.4 is 10.6 Å². The second kappa shape index (κ2) is 8.52. The number of amides is 2. The highest BCUT2D eigenvalue weighted by atomic mass is 16.5. The fourth-order valence-electron chi connectivity index (χ4n) is 2.78. The lowest BCUT2D eigenvalue weighted by molar-refractivity contribution is 0.0600. The van der Waals surface area contributed by atoms with E-state index in [9.17, 15) is 9.59 Å². The van der Waals surface area contributed by atoms with E-state index in [1.165, 1.54) is 7.11 Å². The summed E-state index contributed by atoms with van der Waals surface area (Å²) < 4.78 is 4.67. The second-order valence-electron chi connectivity index (χ2n) is 6.77. The number of esters is 1.